The smallest absolute Gasteiger partial charge is 0.334 e. The summed E-state index contributed by atoms with van der Waals surface area (Å²) in [6.07, 6.45) is 10.9. The van der Waals surface area contributed by atoms with Crippen LogP contribution in [0.1, 0.15) is 30.5 Å². The Morgan fingerprint density at radius 1 is 0.946 bits per heavy atom. The molecule has 5 heterocycles. The number of hydrogen-bond acceptors (Lipinski definition) is 8. The van der Waals surface area contributed by atoms with Crippen molar-refractivity contribution in [2.24, 2.45) is 22.1 Å². The fraction of sp³-hybridized carbons (Fsp3) is 0.346. The van der Waals surface area contributed by atoms with Gasteiger partial charge in [0.05, 0.1) is 32.4 Å². The van der Waals surface area contributed by atoms with Crippen molar-refractivity contribution < 1.29 is 9.09 Å². The molecule has 0 amide bonds. The van der Waals surface area contributed by atoms with E-state index < -0.39 is 0 Å². The van der Waals surface area contributed by atoms with Gasteiger partial charge >= 0.3 is 5.96 Å². The van der Waals surface area contributed by atoms with Crippen LogP contribution in [0.15, 0.2) is 70.2 Å². The van der Waals surface area contributed by atoms with Crippen molar-refractivity contribution in [1.82, 2.24) is 24.6 Å². The van der Waals surface area contributed by atoms with Gasteiger partial charge in [-0.1, -0.05) is 31.0 Å². The van der Waals surface area contributed by atoms with Crippen LogP contribution in [0.5, 0.6) is 0 Å². The highest BCUT2D eigenvalue weighted by molar-refractivity contribution is 5.83. The average Bonchev–Trinajstić information content (AvgIpc) is 3.55. The number of aliphatic imine (C=N–C) groups is 2. The Balaban J connectivity index is 1.12. The Kier molecular flexibility index (Phi) is 5.62. The number of guanidine groups is 1. The summed E-state index contributed by atoms with van der Waals surface area (Å²) in [5, 5.41) is 9.03. The number of aryl methyl sites for hydroxylation is 1. The highest BCUT2D eigenvalue weighted by Gasteiger charge is 2.38. The van der Waals surface area contributed by atoms with Crippen molar-refractivity contribution >= 4 is 23.9 Å². The Morgan fingerprint density at radius 3 is 2.32 bits per heavy atom. The van der Waals surface area contributed by atoms with Crippen LogP contribution >= 0.6 is 0 Å². The zero-order valence-electron chi connectivity index (χ0n) is 21.0. The molecular formula is C26H28FN10+. The lowest BCUT2D eigenvalue weighted by molar-refractivity contribution is -0.509. The van der Waals surface area contributed by atoms with Gasteiger partial charge in [-0.05, 0) is 23.3 Å². The first-order valence-corrected chi connectivity index (χ1v) is 12.3. The van der Waals surface area contributed by atoms with E-state index in [4.69, 9.17) is 5.11 Å². The number of rotatable bonds is 4. The quantitative estimate of drug-likeness (QED) is 0.515. The van der Waals surface area contributed by atoms with Gasteiger partial charge in [0.1, 0.15) is 11.5 Å². The summed E-state index contributed by atoms with van der Waals surface area (Å²) in [7, 11) is 1.89. The zero-order valence-corrected chi connectivity index (χ0v) is 21.0. The highest BCUT2D eigenvalue weighted by atomic mass is 19.1. The van der Waals surface area contributed by atoms with E-state index in [0.717, 1.165) is 54.5 Å². The van der Waals surface area contributed by atoms with Crippen molar-refractivity contribution in [2.75, 3.05) is 31.1 Å². The lowest BCUT2D eigenvalue weighted by Gasteiger charge is -2.33. The van der Waals surface area contributed by atoms with Gasteiger partial charge in [0.2, 0.25) is 12.1 Å². The van der Waals surface area contributed by atoms with Crippen LogP contribution in [0.2, 0.25) is 0 Å². The predicted molar refractivity (Wildman–Crippen MR) is 138 cm³/mol. The Bertz CT molecular complexity index is 1420. The minimum Gasteiger partial charge on any atom is -0.334 e. The third-order valence-electron chi connectivity index (χ3n) is 7.14. The van der Waals surface area contributed by atoms with Crippen molar-refractivity contribution in [3.05, 3.63) is 77.6 Å². The van der Waals surface area contributed by atoms with Gasteiger partial charge in [0, 0.05) is 42.7 Å². The van der Waals surface area contributed by atoms with Crippen LogP contribution in [-0.2, 0) is 12.5 Å². The van der Waals surface area contributed by atoms with E-state index in [9.17, 15) is 4.39 Å². The van der Waals surface area contributed by atoms with Gasteiger partial charge in [-0.15, -0.1) is 9.81 Å². The highest BCUT2D eigenvalue weighted by Crippen LogP contribution is 2.31. The molecule has 11 heteroatoms. The first-order chi connectivity index (χ1) is 17.9. The number of fused-ring (bicyclic) bond motifs is 1. The standard InChI is InChI=1S/C26H28FN10/c1-26(2,19-4-6-21(27)7-5-19)20-14-28-24(29-15-20)35-8-10-36(11-9-35)25-31-17-30-23-12-22(33-37(23)25)18-13-32-34(3)16-18/h4-7,12-17,23H,8-11H2,1-3H3/q+1. The van der Waals surface area contributed by atoms with Crippen LogP contribution < -0.4 is 4.90 Å². The summed E-state index contributed by atoms with van der Waals surface area (Å²) >= 11 is 0. The molecule has 1 unspecified atom stereocenters. The van der Waals surface area contributed by atoms with Gasteiger partial charge in [0.15, 0.2) is 6.34 Å². The molecule has 3 aliphatic heterocycles. The molecule has 0 aliphatic carbocycles. The van der Waals surface area contributed by atoms with Crippen molar-refractivity contribution in [3.8, 4) is 0 Å². The molecule has 3 aliphatic rings. The SMILES string of the molecule is Cn1cc(C2=CC3N=CN=C(N4CCN(c5ncc(C(C)(C)c6ccc(F)cc6)cn5)CC4)[N+]3=N2)cn1. The number of halogens is 1. The minimum atomic E-state index is -0.329. The summed E-state index contributed by atoms with van der Waals surface area (Å²) in [5.74, 6) is 1.26. The molecule has 1 atom stereocenters. The van der Waals surface area contributed by atoms with Crippen molar-refractivity contribution in [2.45, 2.75) is 25.4 Å². The lowest BCUT2D eigenvalue weighted by Crippen LogP contribution is -2.53. The van der Waals surface area contributed by atoms with E-state index in [1.165, 1.54) is 12.1 Å². The fourth-order valence-corrected chi connectivity index (χ4v) is 4.78. The second-order valence-electron chi connectivity index (χ2n) is 9.88. The van der Waals surface area contributed by atoms with Gasteiger partial charge in [-0.3, -0.25) is 9.58 Å². The van der Waals surface area contributed by atoms with Gasteiger partial charge in [-0.2, -0.15) is 5.10 Å². The summed E-state index contributed by atoms with van der Waals surface area (Å²) in [4.78, 5) is 22.8. The molecule has 1 fully saturated rings. The van der Waals surface area contributed by atoms with Gasteiger partial charge in [0.25, 0.3) is 0 Å². The van der Waals surface area contributed by atoms with Crippen LogP contribution in [-0.4, -0.2) is 74.0 Å². The Hall–Kier alpha value is -4.28. The average molecular weight is 500 g/mol. The molecule has 0 bridgehead atoms. The third-order valence-corrected chi connectivity index (χ3v) is 7.14. The summed E-state index contributed by atoms with van der Waals surface area (Å²) in [6, 6.07) is 6.60. The molecule has 2 aromatic heterocycles. The maximum absolute atomic E-state index is 13.4. The number of piperazine rings is 1. The number of benzene rings is 1. The van der Waals surface area contributed by atoms with Crippen LogP contribution in [0.4, 0.5) is 10.3 Å². The molecule has 0 N–H and O–H groups in total. The largest absolute Gasteiger partial charge is 0.417 e. The second-order valence-corrected chi connectivity index (χ2v) is 9.88. The normalized spacial score (nSPS) is 19.5. The van der Waals surface area contributed by atoms with Crippen molar-refractivity contribution in [1.29, 1.82) is 0 Å². The van der Waals surface area contributed by atoms with E-state index in [0.29, 0.717) is 5.95 Å². The molecule has 3 aromatic rings. The molecule has 0 saturated carbocycles. The molecule has 188 valence electrons. The lowest BCUT2D eigenvalue weighted by atomic mass is 9.79. The van der Waals surface area contributed by atoms with Crippen LogP contribution in [0.3, 0.4) is 0 Å². The Labute approximate surface area is 214 Å². The number of nitrogens with zero attached hydrogens (tertiary/aromatic N) is 10. The maximum Gasteiger partial charge on any atom is 0.417 e. The van der Waals surface area contributed by atoms with E-state index in [1.54, 1.807) is 17.2 Å². The summed E-state index contributed by atoms with van der Waals surface area (Å²) in [5.41, 5.74) is 3.47. The Morgan fingerprint density at radius 2 is 1.65 bits per heavy atom. The molecule has 6 rings (SSSR count). The number of aromatic nitrogens is 4. The minimum absolute atomic E-state index is 0.193. The number of azo groups is 2. The zero-order chi connectivity index (χ0) is 25.6. The van der Waals surface area contributed by atoms with E-state index in [1.807, 2.05) is 48.5 Å². The van der Waals surface area contributed by atoms with Gasteiger partial charge in [-0.25, -0.2) is 19.4 Å². The van der Waals surface area contributed by atoms with Crippen molar-refractivity contribution in [3.63, 3.8) is 0 Å². The van der Waals surface area contributed by atoms with E-state index >= 15 is 0 Å². The number of anilines is 1. The predicted octanol–water partition coefficient (Wildman–Crippen LogP) is 3.04. The molecule has 10 nitrogen and oxygen atoms in total. The summed E-state index contributed by atoms with van der Waals surface area (Å²) < 4.78 is 17.0. The maximum atomic E-state index is 13.4. The van der Waals surface area contributed by atoms with E-state index in [2.05, 4.69) is 48.7 Å². The number of hydrogen-bond donors (Lipinski definition) is 0. The molecular weight excluding hydrogens is 471 g/mol. The van der Waals surface area contributed by atoms with Crippen LogP contribution in [0.25, 0.3) is 5.70 Å². The molecule has 0 radical (unpaired) electrons. The fourth-order valence-electron chi connectivity index (χ4n) is 4.78. The first kappa shape index (κ1) is 23.1. The van der Waals surface area contributed by atoms with Crippen LogP contribution in [0, 0.1) is 5.82 Å². The van der Waals surface area contributed by atoms with E-state index in [-0.39, 0.29) is 17.4 Å². The third kappa shape index (κ3) is 4.30. The topological polar surface area (TPSA) is 90.2 Å². The first-order valence-electron chi connectivity index (χ1n) is 12.3. The van der Waals surface area contributed by atoms with Gasteiger partial charge < -0.3 is 4.90 Å². The molecule has 0 spiro atoms. The molecule has 37 heavy (non-hydrogen) atoms. The monoisotopic (exact) mass is 499 g/mol. The molecule has 1 saturated heterocycles. The second kappa shape index (κ2) is 8.99. The molecule has 1 aromatic carbocycles. The summed E-state index contributed by atoms with van der Waals surface area (Å²) in [6.45, 7) is 7.24.